The number of carboxylic acid groups (broad SMARTS) is 1. The third kappa shape index (κ3) is 2.25. The molecule has 0 aromatic carbocycles. The van der Waals surface area contributed by atoms with E-state index in [1.165, 1.54) is 4.90 Å². The van der Waals surface area contributed by atoms with Gasteiger partial charge in [-0.05, 0) is 12.8 Å². The highest BCUT2D eigenvalue weighted by Crippen LogP contribution is 2.38. The fraction of sp³-hybridized carbons (Fsp3) is 0.800. The standard InChI is InChI=1S/C10H17NO3/c1-10(5-3-4-6-10)9(14)11(2)7-8(12)13/h3-7H2,1-2H3,(H,12,13). The average Bonchev–Trinajstić information content (AvgIpc) is 2.51. The predicted molar refractivity (Wildman–Crippen MR) is 51.8 cm³/mol. The van der Waals surface area contributed by atoms with Gasteiger partial charge in [-0.3, -0.25) is 9.59 Å². The Morgan fingerprint density at radius 2 is 1.86 bits per heavy atom. The number of nitrogens with zero attached hydrogens (tertiary/aromatic N) is 1. The molecule has 4 nitrogen and oxygen atoms in total. The van der Waals surface area contributed by atoms with Crippen LogP contribution in [0, 0.1) is 5.41 Å². The summed E-state index contributed by atoms with van der Waals surface area (Å²) in [7, 11) is 1.56. The third-order valence-corrected chi connectivity index (χ3v) is 2.94. The minimum Gasteiger partial charge on any atom is -0.480 e. The van der Waals surface area contributed by atoms with Crippen LogP contribution < -0.4 is 0 Å². The Balaban J connectivity index is 2.59. The molecule has 0 unspecified atom stereocenters. The summed E-state index contributed by atoms with van der Waals surface area (Å²) in [5.74, 6) is -0.986. The minimum absolute atomic E-state index is 0.0302. The van der Waals surface area contributed by atoms with Crippen molar-refractivity contribution in [3.8, 4) is 0 Å². The Labute approximate surface area is 83.9 Å². The second-order valence-electron chi connectivity index (χ2n) is 4.32. The van der Waals surface area contributed by atoms with Crippen molar-refractivity contribution in [1.82, 2.24) is 4.90 Å². The van der Waals surface area contributed by atoms with Gasteiger partial charge in [-0.15, -0.1) is 0 Å². The monoisotopic (exact) mass is 199 g/mol. The van der Waals surface area contributed by atoms with Crippen LogP contribution in [-0.2, 0) is 9.59 Å². The quantitative estimate of drug-likeness (QED) is 0.740. The molecular formula is C10H17NO3. The van der Waals surface area contributed by atoms with Gasteiger partial charge >= 0.3 is 5.97 Å². The number of aliphatic carboxylic acids is 1. The SMILES string of the molecule is CN(CC(=O)O)C(=O)C1(C)CCCC1. The van der Waals surface area contributed by atoms with Gasteiger partial charge in [0.2, 0.25) is 5.91 Å². The van der Waals surface area contributed by atoms with E-state index in [0.717, 1.165) is 25.7 Å². The highest BCUT2D eigenvalue weighted by Gasteiger charge is 2.38. The molecule has 1 saturated carbocycles. The van der Waals surface area contributed by atoms with Gasteiger partial charge < -0.3 is 10.0 Å². The number of hydrogen-bond donors (Lipinski definition) is 1. The van der Waals surface area contributed by atoms with Crippen molar-refractivity contribution in [2.45, 2.75) is 32.6 Å². The first-order chi connectivity index (χ1) is 6.46. The second-order valence-corrected chi connectivity index (χ2v) is 4.32. The molecule has 1 aliphatic rings. The molecule has 0 aliphatic heterocycles. The summed E-state index contributed by atoms with van der Waals surface area (Å²) in [5, 5.41) is 8.57. The maximum Gasteiger partial charge on any atom is 0.323 e. The number of hydrogen-bond acceptors (Lipinski definition) is 2. The smallest absolute Gasteiger partial charge is 0.323 e. The van der Waals surface area contributed by atoms with E-state index in [2.05, 4.69) is 0 Å². The number of carbonyl (C=O) groups is 2. The van der Waals surface area contributed by atoms with Crippen LogP contribution in [0.1, 0.15) is 32.6 Å². The van der Waals surface area contributed by atoms with Crippen LogP contribution in [0.15, 0.2) is 0 Å². The molecule has 0 aromatic rings. The van der Waals surface area contributed by atoms with Crippen molar-refractivity contribution >= 4 is 11.9 Å². The van der Waals surface area contributed by atoms with Crippen LogP contribution in [-0.4, -0.2) is 35.5 Å². The van der Waals surface area contributed by atoms with Gasteiger partial charge in [0.15, 0.2) is 0 Å². The number of carbonyl (C=O) groups excluding carboxylic acids is 1. The van der Waals surface area contributed by atoms with Crippen LogP contribution in [0.4, 0.5) is 0 Å². The van der Waals surface area contributed by atoms with Crippen molar-refractivity contribution in [1.29, 1.82) is 0 Å². The average molecular weight is 199 g/mol. The molecule has 14 heavy (non-hydrogen) atoms. The minimum atomic E-state index is -0.956. The van der Waals surface area contributed by atoms with Crippen molar-refractivity contribution in [3.05, 3.63) is 0 Å². The Kier molecular flexibility index (Phi) is 3.13. The molecule has 1 aliphatic carbocycles. The molecule has 1 amide bonds. The number of amides is 1. The highest BCUT2D eigenvalue weighted by atomic mass is 16.4. The van der Waals surface area contributed by atoms with Crippen LogP contribution >= 0.6 is 0 Å². The van der Waals surface area contributed by atoms with Crippen LogP contribution in [0.25, 0.3) is 0 Å². The van der Waals surface area contributed by atoms with Gasteiger partial charge in [0.05, 0.1) is 0 Å². The van der Waals surface area contributed by atoms with E-state index in [4.69, 9.17) is 5.11 Å². The zero-order chi connectivity index (χ0) is 10.8. The molecule has 0 atom stereocenters. The molecule has 0 aromatic heterocycles. The largest absolute Gasteiger partial charge is 0.480 e. The van der Waals surface area contributed by atoms with Gasteiger partial charge in [0.1, 0.15) is 6.54 Å². The lowest BCUT2D eigenvalue weighted by atomic mass is 9.87. The lowest BCUT2D eigenvalue weighted by Gasteiger charge is -2.27. The first-order valence-electron chi connectivity index (χ1n) is 4.93. The fourth-order valence-electron chi connectivity index (χ4n) is 2.10. The van der Waals surface area contributed by atoms with Gasteiger partial charge in [-0.1, -0.05) is 19.8 Å². The first kappa shape index (κ1) is 11.0. The lowest BCUT2D eigenvalue weighted by molar-refractivity contribution is -0.147. The van der Waals surface area contributed by atoms with Crippen LogP contribution in [0.2, 0.25) is 0 Å². The molecule has 0 saturated heterocycles. The van der Waals surface area contributed by atoms with Gasteiger partial charge in [-0.2, -0.15) is 0 Å². The second kappa shape index (κ2) is 3.98. The Morgan fingerprint density at radius 3 is 2.29 bits per heavy atom. The van der Waals surface area contributed by atoms with Crippen molar-refractivity contribution in [3.63, 3.8) is 0 Å². The molecule has 0 radical (unpaired) electrons. The van der Waals surface area contributed by atoms with Gasteiger partial charge in [0, 0.05) is 12.5 Å². The molecule has 4 heteroatoms. The molecule has 1 rings (SSSR count). The normalized spacial score (nSPS) is 19.3. The summed E-state index contributed by atoms with van der Waals surface area (Å²) in [6.45, 7) is 1.73. The molecule has 80 valence electrons. The van der Waals surface area contributed by atoms with E-state index in [9.17, 15) is 9.59 Å². The lowest BCUT2D eigenvalue weighted by Crippen LogP contribution is -2.41. The number of likely N-dealkylation sites (N-methyl/N-ethyl adjacent to an activating group) is 1. The van der Waals surface area contributed by atoms with E-state index < -0.39 is 5.97 Å². The predicted octanol–water partition coefficient (Wildman–Crippen LogP) is 1.11. The van der Waals surface area contributed by atoms with Crippen molar-refractivity contribution < 1.29 is 14.7 Å². The maximum absolute atomic E-state index is 11.9. The molecule has 1 N–H and O–H groups in total. The van der Waals surface area contributed by atoms with Gasteiger partial charge in [0.25, 0.3) is 0 Å². The Hall–Kier alpha value is -1.06. The summed E-state index contributed by atoms with van der Waals surface area (Å²) in [6, 6.07) is 0. The third-order valence-electron chi connectivity index (χ3n) is 2.94. The van der Waals surface area contributed by atoms with Gasteiger partial charge in [-0.25, -0.2) is 0 Å². The molecule has 1 fully saturated rings. The first-order valence-corrected chi connectivity index (χ1v) is 4.93. The Bertz CT molecular complexity index is 244. The summed E-state index contributed by atoms with van der Waals surface area (Å²) >= 11 is 0. The summed E-state index contributed by atoms with van der Waals surface area (Å²) in [6.07, 6.45) is 3.91. The van der Waals surface area contributed by atoms with E-state index in [-0.39, 0.29) is 17.9 Å². The summed E-state index contributed by atoms with van der Waals surface area (Å²) in [5.41, 5.74) is -0.315. The van der Waals surface area contributed by atoms with Crippen LogP contribution in [0.5, 0.6) is 0 Å². The molecular weight excluding hydrogens is 182 g/mol. The topological polar surface area (TPSA) is 57.6 Å². The van der Waals surface area contributed by atoms with Crippen LogP contribution in [0.3, 0.4) is 0 Å². The van der Waals surface area contributed by atoms with E-state index >= 15 is 0 Å². The number of rotatable bonds is 3. The van der Waals surface area contributed by atoms with E-state index in [0.29, 0.717) is 0 Å². The van der Waals surface area contributed by atoms with E-state index in [1.54, 1.807) is 7.05 Å². The zero-order valence-electron chi connectivity index (χ0n) is 8.75. The molecule has 0 bridgehead atoms. The maximum atomic E-state index is 11.9. The van der Waals surface area contributed by atoms with Crippen molar-refractivity contribution in [2.24, 2.45) is 5.41 Å². The summed E-state index contributed by atoms with van der Waals surface area (Å²) < 4.78 is 0. The number of carboxylic acids is 1. The van der Waals surface area contributed by atoms with Crippen molar-refractivity contribution in [2.75, 3.05) is 13.6 Å². The summed E-state index contributed by atoms with van der Waals surface area (Å²) in [4.78, 5) is 23.6. The fourth-order valence-corrected chi connectivity index (χ4v) is 2.10. The zero-order valence-corrected chi connectivity index (χ0v) is 8.75. The molecule has 0 heterocycles. The Morgan fingerprint density at radius 1 is 1.36 bits per heavy atom. The molecule has 0 spiro atoms. The highest BCUT2D eigenvalue weighted by molar-refractivity contribution is 5.85. The van der Waals surface area contributed by atoms with E-state index in [1.807, 2.05) is 6.92 Å².